The molecule has 0 aliphatic carbocycles. The van der Waals surface area contributed by atoms with Crippen molar-refractivity contribution in [1.29, 1.82) is 0 Å². The summed E-state index contributed by atoms with van der Waals surface area (Å²) >= 11 is 0. The van der Waals surface area contributed by atoms with E-state index in [0.29, 0.717) is 40.7 Å². The zero-order valence-corrected chi connectivity index (χ0v) is 18.4. The Hall–Kier alpha value is -2.90. The van der Waals surface area contributed by atoms with Gasteiger partial charge in [0, 0.05) is 5.70 Å². The number of rotatable bonds is 11. The Morgan fingerprint density at radius 2 is 1.63 bits per heavy atom. The first kappa shape index (κ1) is 23.4. The lowest BCUT2D eigenvalue weighted by Crippen LogP contribution is -2.45. The molecule has 166 valence electrons. The van der Waals surface area contributed by atoms with Crippen LogP contribution in [0.1, 0.15) is 57.6 Å². The fraction of sp³-hybridized carbons (Fsp3) is 0.545. The molecule has 1 aliphatic heterocycles. The van der Waals surface area contributed by atoms with E-state index in [0.717, 1.165) is 25.7 Å². The number of urea groups is 1. The quantitative estimate of drug-likeness (QED) is 0.417. The second-order valence-corrected chi connectivity index (χ2v) is 7.08. The Morgan fingerprint density at radius 1 is 1.00 bits per heavy atom. The number of hydrogen-bond acceptors (Lipinski definition) is 6. The minimum absolute atomic E-state index is 0.343. The van der Waals surface area contributed by atoms with E-state index >= 15 is 0 Å². The van der Waals surface area contributed by atoms with Crippen molar-refractivity contribution in [3.8, 4) is 17.2 Å². The fourth-order valence-electron chi connectivity index (χ4n) is 3.43. The van der Waals surface area contributed by atoms with Crippen LogP contribution in [0.25, 0.3) is 0 Å². The number of ether oxygens (including phenoxy) is 4. The van der Waals surface area contributed by atoms with Crippen molar-refractivity contribution in [3.05, 3.63) is 29.0 Å². The maximum atomic E-state index is 12.9. The first-order valence-corrected chi connectivity index (χ1v) is 10.2. The SMILES string of the molecule is CCCCCCCOC(=O)C1=C(C)NC(=O)N[C@@H]1c1cc(OC)c(OC)c(OC)c1. The highest BCUT2D eigenvalue weighted by atomic mass is 16.5. The highest BCUT2D eigenvalue weighted by molar-refractivity contribution is 5.95. The van der Waals surface area contributed by atoms with Crippen molar-refractivity contribution in [1.82, 2.24) is 10.6 Å². The van der Waals surface area contributed by atoms with Crippen LogP contribution < -0.4 is 24.8 Å². The second kappa shape index (κ2) is 11.3. The van der Waals surface area contributed by atoms with Gasteiger partial charge in [0.1, 0.15) is 0 Å². The van der Waals surface area contributed by atoms with Gasteiger partial charge in [0.15, 0.2) is 11.5 Å². The fourth-order valence-corrected chi connectivity index (χ4v) is 3.43. The molecule has 0 saturated heterocycles. The van der Waals surface area contributed by atoms with Crippen LogP contribution in [0, 0.1) is 0 Å². The zero-order chi connectivity index (χ0) is 22.1. The molecular formula is C22H32N2O6. The molecule has 0 aromatic heterocycles. The normalized spacial score (nSPS) is 15.9. The van der Waals surface area contributed by atoms with Crippen LogP contribution >= 0.6 is 0 Å². The molecule has 0 radical (unpaired) electrons. The topological polar surface area (TPSA) is 95.1 Å². The van der Waals surface area contributed by atoms with E-state index in [-0.39, 0.29) is 0 Å². The molecule has 1 aromatic carbocycles. The Bertz CT molecular complexity index is 765. The lowest BCUT2D eigenvalue weighted by molar-refractivity contribution is -0.139. The summed E-state index contributed by atoms with van der Waals surface area (Å²) in [5.41, 5.74) is 1.42. The summed E-state index contributed by atoms with van der Waals surface area (Å²) < 4.78 is 21.7. The molecule has 8 nitrogen and oxygen atoms in total. The molecule has 0 saturated carbocycles. The summed E-state index contributed by atoms with van der Waals surface area (Å²) in [6.07, 6.45) is 5.30. The molecule has 1 atom stereocenters. The summed E-state index contributed by atoms with van der Waals surface area (Å²) in [6, 6.07) is 2.31. The average Bonchev–Trinajstić information content (AvgIpc) is 2.74. The largest absolute Gasteiger partial charge is 0.493 e. The van der Waals surface area contributed by atoms with Gasteiger partial charge in [0.2, 0.25) is 5.75 Å². The number of benzene rings is 1. The number of methoxy groups -OCH3 is 3. The third kappa shape index (κ3) is 5.58. The Labute approximate surface area is 177 Å². The molecule has 30 heavy (non-hydrogen) atoms. The lowest BCUT2D eigenvalue weighted by atomic mass is 9.95. The van der Waals surface area contributed by atoms with Crippen LogP contribution in [0.2, 0.25) is 0 Å². The average molecular weight is 421 g/mol. The first-order valence-electron chi connectivity index (χ1n) is 10.2. The standard InChI is InChI=1S/C22H32N2O6/c1-6-7-8-9-10-11-30-21(25)18-14(2)23-22(26)24-19(18)15-12-16(27-3)20(29-5)17(13-15)28-4/h12-13,19H,6-11H2,1-5H3,(H2,23,24,26)/t19-/m1/s1. The number of nitrogens with one attached hydrogen (secondary N) is 2. The Balaban J connectivity index is 2.27. The van der Waals surface area contributed by atoms with Gasteiger partial charge in [-0.25, -0.2) is 9.59 Å². The maximum Gasteiger partial charge on any atom is 0.338 e. The van der Waals surface area contributed by atoms with Crippen molar-refractivity contribution in [2.75, 3.05) is 27.9 Å². The van der Waals surface area contributed by atoms with Gasteiger partial charge in [-0.15, -0.1) is 0 Å². The van der Waals surface area contributed by atoms with Crippen molar-refractivity contribution >= 4 is 12.0 Å². The number of amides is 2. The Morgan fingerprint density at radius 3 is 2.20 bits per heavy atom. The minimum Gasteiger partial charge on any atom is -0.493 e. The molecule has 2 rings (SSSR count). The van der Waals surface area contributed by atoms with Crippen molar-refractivity contribution < 1.29 is 28.5 Å². The van der Waals surface area contributed by atoms with Crippen molar-refractivity contribution in [3.63, 3.8) is 0 Å². The third-order valence-electron chi connectivity index (χ3n) is 4.99. The van der Waals surface area contributed by atoms with Crippen LogP contribution in [0.5, 0.6) is 17.2 Å². The van der Waals surface area contributed by atoms with Crippen LogP contribution in [0.4, 0.5) is 4.79 Å². The molecule has 8 heteroatoms. The third-order valence-corrected chi connectivity index (χ3v) is 4.99. The van der Waals surface area contributed by atoms with Crippen molar-refractivity contribution in [2.45, 2.75) is 52.0 Å². The summed E-state index contributed by atoms with van der Waals surface area (Å²) in [7, 11) is 4.54. The number of carbonyl (C=O) groups is 2. The van der Waals surface area contributed by atoms with Gasteiger partial charge in [0.05, 0.1) is 39.6 Å². The molecular weight excluding hydrogens is 388 g/mol. The smallest absolute Gasteiger partial charge is 0.338 e. The van der Waals surface area contributed by atoms with Crippen molar-refractivity contribution in [2.24, 2.45) is 0 Å². The predicted molar refractivity (Wildman–Crippen MR) is 113 cm³/mol. The zero-order valence-electron chi connectivity index (χ0n) is 18.4. The van der Waals surface area contributed by atoms with E-state index in [9.17, 15) is 9.59 Å². The molecule has 1 aliphatic rings. The Kier molecular flexibility index (Phi) is 8.83. The van der Waals surface area contributed by atoms with E-state index in [4.69, 9.17) is 18.9 Å². The summed E-state index contributed by atoms with van der Waals surface area (Å²) in [6.45, 7) is 4.18. The number of unbranched alkanes of at least 4 members (excludes halogenated alkanes) is 4. The number of carbonyl (C=O) groups excluding carboxylic acids is 2. The molecule has 1 heterocycles. The first-order chi connectivity index (χ1) is 14.5. The number of esters is 1. The van der Waals surface area contributed by atoms with Crippen LogP contribution in [-0.2, 0) is 9.53 Å². The highest BCUT2D eigenvalue weighted by Crippen LogP contribution is 2.41. The minimum atomic E-state index is -0.708. The number of hydrogen-bond donors (Lipinski definition) is 2. The summed E-state index contributed by atoms with van der Waals surface area (Å²) in [4.78, 5) is 25.0. The maximum absolute atomic E-state index is 12.9. The van der Waals surface area contributed by atoms with E-state index in [2.05, 4.69) is 17.6 Å². The van der Waals surface area contributed by atoms with Crippen LogP contribution in [0.3, 0.4) is 0 Å². The van der Waals surface area contributed by atoms with Crippen LogP contribution in [0.15, 0.2) is 23.4 Å². The van der Waals surface area contributed by atoms with Gasteiger partial charge in [-0.2, -0.15) is 0 Å². The van der Waals surface area contributed by atoms with Gasteiger partial charge >= 0.3 is 12.0 Å². The molecule has 0 fully saturated rings. The molecule has 2 N–H and O–H groups in total. The van der Waals surface area contributed by atoms with Gasteiger partial charge < -0.3 is 29.6 Å². The predicted octanol–water partition coefficient (Wildman–Crippen LogP) is 3.85. The van der Waals surface area contributed by atoms with E-state index in [1.165, 1.54) is 27.8 Å². The van der Waals surface area contributed by atoms with Gasteiger partial charge in [-0.05, 0) is 31.0 Å². The molecule has 0 bridgehead atoms. The van der Waals surface area contributed by atoms with Gasteiger partial charge in [-0.3, -0.25) is 0 Å². The van der Waals surface area contributed by atoms with Gasteiger partial charge in [0.25, 0.3) is 0 Å². The lowest BCUT2D eigenvalue weighted by Gasteiger charge is -2.29. The monoisotopic (exact) mass is 420 g/mol. The van der Waals surface area contributed by atoms with E-state index in [1.807, 2.05) is 0 Å². The van der Waals surface area contributed by atoms with E-state index in [1.54, 1.807) is 19.1 Å². The molecule has 0 unspecified atom stereocenters. The summed E-state index contributed by atoms with van der Waals surface area (Å²) in [5.74, 6) is 0.831. The highest BCUT2D eigenvalue weighted by Gasteiger charge is 2.33. The van der Waals surface area contributed by atoms with Gasteiger partial charge in [-0.1, -0.05) is 32.6 Å². The second-order valence-electron chi connectivity index (χ2n) is 7.08. The number of allylic oxidation sites excluding steroid dienone is 1. The van der Waals surface area contributed by atoms with E-state index < -0.39 is 18.0 Å². The molecule has 0 spiro atoms. The molecule has 1 aromatic rings. The molecule has 2 amide bonds. The van der Waals surface area contributed by atoms with Crippen LogP contribution in [-0.4, -0.2) is 39.9 Å². The summed E-state index contributed by atoms with van der Waals surface area (Å²) in [5, 5.41) is 5.44.